The molecule has 0 heterocycles. The third-order valence-electron chi connectivity index (χ3n) is 3.73. The quantitative estimate of drug-likeness (QED) is 0.424. The number of benzene rings is 3. The Balaban J connectivity index is 1.68. The molecule has 3 aromatic rings. The first-order chi connectivity index (χ1) is 12.1. The van der Waals surface area contributed by atoms with E-state index in [0.29, 0.717) is 6.61 Å². The normalized spacial score (nSPS) is 11.0. The van der Waals surface area contributed by atoms with Crippen molar-refractivity contribution in [2.24, 2.45) is 4.99 Å². The molecule has 0 bridgehead atoms. The number of ether oxygens (including phenoxy) is 1. The molecule has 0 saturated carbocycles. The van der Waals surface area contributed by atoms with Crippen molar-refractivity contribution >= 4 is 39.4 Å². The first-order valence-corrected chi connectivity index (χ1v) is 9.05. The van der Waals surface area contributed by atoms with Gasteiger partial charge in [0, 0.05) is 11.2 Å². The summed E-state index contributed by atoms with van der Waals surface area (Å²) in [5.41, 5.74) is 4.21. The van der Waals surface area contributed by atoms with Crippen molar-refractivity contribution in [3.63, 3.8) is 0 Å². The van der Waals surface area contributed by atoms with Crippen LogP contribution in [0.15, 0.2) is 76.2 Å². The molecule has 126 valence electrons. The highest BCUT2D eigenvalue weighted by Gasteiger charge is 2.03. The monoisotopic (exact) mass is 413 g/mol. The van der Waals surface area contributed by atoms with Crippen LogP contribution < -0.4 is 4.74 Å². The van der Waals surface area contributed by atoms with Crippen molar-refractivity contribution in [3.8, 4) is 5.75 Å². The molecule has 0 atom stereocenters. The minimum absolute atomic E-state index is 0.492. The lowest BCUT2D eigenvalue weighted by Gasteiger charge is -2.09. The van der Waals surface area contributed by atoms with Gasteiger partial charge < -0.3 is 4.74 Å². The minimum Gasteiger partial charge on any atom is -0.488 e. The van der Waals surface area contributed by atoms with Crippen LogP contribution in [0.2, 0.25) is 5.02 Å². The molecule has 0 aliphatic heterocycles. The van der Waals surface area contributed by atoms with Gasteiger partial charge in [0.15, 0.2) is 0 Å². The molecular formula is C21H17BrClNO. The molecule has 2 nitrogen and oxygen atoms in total. The second-order valence-electron chi connectivity index (χ2n) is 5.65. The molecule has 0 aliphatic rings. The van der Waals surface area contributed by atoms with Crippen LogP contribution in [0.25, 0.3) is 0 Å². The van der Waals surface area contributed by atoms with Crippen molar-refractivity contribution in [1.29, 1.82) is 0 Å². The summed E-state index contributed by atoms with van der Waals surface area (Å²) in [6.07, 6.45) is 1.86. The third kappa shape index (κ3) is 4.94. The number of aliphatic imine (C=N–C) groups is 1. The fourth-order valence-corrected chi connectivity index (χ4v) is 2.95. The summed E-state index contributed by atoms with van der Waals surface area (Å²) in [4.78, 5) is 4.55. The van der Waals surface area contributed by atoms with Gasteiger partial charge in [0.25, 0.3) is 0 Å². The number of aryl methyl sites for hydroxylation is 1. The predicted molar refractivity (Wildman–Crippen MR) is 108 cm³/mol. The molecule has 0 fully saturated rings. The summed E-state index contributed by atoms with van der Waals surface area (Å²) in [5.74, 6) is 0.794. The Kier molecular flexibility index (Phi) is 5.90. The first-order valence-electron chi connectivity index (χ1n) is 7.88. The minimum atomic E-state index is 0.492. The van der Waals surface area contributed by atoms with Gasteiger partial charge >= 0.3 is 0 Å². The fourth-order valence-electron chi connectivity index (χ4n) is 2.31. The largest absolute Gasteiger partial charge is 0.488 e. The molecule has 3 aromatic carbocycles. The van der Waals surface area contributed by atoms with E-state index in [2.05, 4.69) is 33.9 Å². The lowest BCUT2D eigenvalue weighted by molar-refractivity contribution is 0.304. The van der Waals surface area contributed by atoms with Gasteiger partial charge in [-0.05, 0) is 75.9 Å². The van der Waals surface area contributed by atoms with Crippen LogP contribution in [0, 0.1) is 6.92 Å². The molecule has 0 unspecified atom stereocenters. The van der Waals surface area contributed by atoms with Gasteiger partial charge in [-0.1, -0.05) is 41.9 Å². The van der Waals surface area contributed by atoms with Crippen LogP contribution in [0.5, 0.6) is 5.75 Å². The van der Waals surface area contributed by atoms with Gasteiger partial charge in [0.1, 0.15) is 12.4 Å². The number of halogens is 2. The number of hydrogen-bond donors (Lipinski definition) is 0. The molecule has 0 spiro atoms. The summed E-state index contributed by atoms with van der Waals surface area (Å²) < 4.78 is 6.76. The zero-order valence-electron chi connectivity index (χ0n) is 13.7. The molecule has 25 heavy (non-hydrogen) atoms. The molecule has 0 amide bonds. The number of para-hydroxylation sites is 1. The van der Waals surface area contributed by atoms with Crippen molar-refractivity contribution < 1.29 is 4.74 Å². The van der Waals surface area contributed by atoms with Gasteiger partial charge in [-0.15, -0.1) is 0 Å². The molecule has 3 rings (SSSR count). The van der Waals surface area contributed by atoms with Crippen LogP contribution in [-0.4, -0.2) is 6.21 Å². The predicted octanol–water partition coefficient (Wildman–Crippen LogP) is 6.74. The Bertz CT molecular complexity index is 891. The second kappa shape index (κ2) is 8.32. The van der Waals surface area contributed by atoms with Crippen LogP contribution in [0.1, 0.15) is 16.7 Å². The van der Waals surface area contributed by atoms with E-state index in [1.54, 1.807) is 0 Å². The Morgan fingerprint density at radius 2 is 1.80 bits per heavy atom. The Labute approximate surface area is 161 Å². The van der Waals surface area contributed by atoms with E-state index in [1.165, 1.54) is 0 Å². The van der Waals surface area contributed by atoms with E-state index in [9.17, 15) is 0 Å². The summed E-state index contributed by atoms with van der Waals surface area (Å²) in [6.45, 7) is 2.54. The van der Waals surface area contributed by atoms with E-state index < -0.39 is 0 Å². The van der Waals surface area contributed by atoms with Crippen molar-refractivity contribution in [3.05, 3.63) is 92.9 Å². The summed E-state index contributed by atoms with van der Waals surface area (Å²) in [5, 5.41) is 0.724. The lowest BCUT2D eigenvalue weighted by atomic mass is 10.2. The molecule has 0 N–H and O–H groups in total. The smallest absolute Gasteiger partial charge is 0.134 e. The molecule has 0 saturated heterocycles. The van der Waals surface area contributed by atoms with E-state index in [-0.39, 0.29) is 0 Å². The summed E-state index contributed by atoms with van der Waals surface area (Å²) in [7, 11) is 0. The lowest BCUT2D eigenvalue weighted by Crippen LogP contribution is -1.96. The van der Waals surface area contributed by atoms with Crippen LogP contribution in [0.4, 0.5) is 5.69 Å². The van der Waals surface area contributed by atoms with Gasteiger partial charge in [0.2, 0.25) is 0 Å². The summed E-state index contributed by atoms with van der Waals surface area (Å²) in [6, 6.07) is 21.6. The van der Waals surface area contributed by atoms with Crippen molar-refractivity contribution in [2.45, 2.75) is 13.5 Å². The van der Waals surface area contributed by atoms with Crippen LogP contribution in [0.3, 0.4) is 0 Å². The SMILES string of the molecule is Cc1ccccc1N=Cc1ccc(OCc2ccc(Cl)cc2)c(Br)c1. The summed E-state index contributed by atoms with van der Waals surface area (Å²) >= 11 is 9.46. The molecule has 4 heteroatoms. The average molecular weight is 415 g/mol. The number of nitrogens with zero attached hydrogens (tertiary/aromatic N) is 1. The maximum atomic E-state index is 5.89. The highest BCUT2D eigenvalue weighted by molar-refractivity contribution is 9.10. The van der Waals surface area contributed by atoms with Crippen LogP contribution >= 0.6 is 27.5 Å². The third-order valence-corrected chi connectivity index (χ3v) is 4.60. The van der Waals surface area contributed by atoms with Gasteiger partial charge in [-0.3, -0.25) is 4.99 Å². The van der Waals surface area contributed by atoms with Gasteiger partial charge in [-0.25, -0.2) is 0 Å². The zero-order chi connectivity index (χ0) is 17.6. The highest BCUT2D eigenvalue weighted by atomic mass is 79.9. The van der Waals surface area contributed by atoms with Crippen LogP contribution in [-0.2, 0) is 6.61 Å². The molecule has 0 aliphatic carbocycles. The fraction of sp³-hybridized carbons (Fsp3) is 0.0952. The maximum absolute atomic E-state index is 5.89. The molecular weight excluding hydrogens is 398 g/mol. The van der Waals surface area contributed by atoms with Crippen molar-refractivity contribution in [1.82, 2.24) is 0 Å². The highest BCUT2D eigenvalue weighted by Crippen LogP contribution is 2.27. The average Bonchev–Trinajstić information content (AvgIpc) is 2.62. The first kappa shape index (κ1) is 17.7. The van der Waals surface area contributed by atoms with E-state index in [0.717, 1.165) is 37.6 Å². The maximum Gasteiger partial charge on any atom is 0.134 e. The Morgan fingerprint density at radius 1 is 1.04 bits per heavy atom. The topological polar surface area (TPSA) is 21.6 Å². The molecule has 0 radical (unpaired) electrons. The van der Waals surface area contributed by atoms with E-state index in [1.807, 2.05) is 66.9 Å². The van der Waals surface area contributed by atoms with Gasteiger partial charge in [-0.2, -0.15) is 0 Å². The van der Waals surface area contributed by atoms with E-state index in [4.69, 9.17) is 16.3 Å². The number of rotatable bonds is 5. The van der Waals surface area contributed by atoms with Crippen molar-refractivity contribution in [2.75, 3.05) is 0 Å². The van der Waals surface area contributed by atoms with E-state index >= 15 is 0 Å². The Morgan fingerprint density at radius 3 is 2.52 bits per heavy atom. The molecule has 0 aromatic heterocycles. The number of hydrogen-bond acceptors (Lipinski definition) is 2. The standard InChI is InChI=1S/C21H17BrClNO/c1-15-4-2-3-5-20(15)24-13-17-8-11-21(19(22)12-17)25-14-16-6-9-18(23)10-7-16/h2-13H,14H2,1H3. The Hall–Kier alpha value is -2.10. The van der Waals surface area contributed by atoms with Gasteiger partial charge in [0.05, 0.1) is 10.2 Å². The second-order valence-corrected chi connectivity index (χ2v) is 6.94. The zero-order valence-corrected chi connectivity index (χ0v) is 16.1.